The molecule has 0 amide bonds. The summed E-state index contributed by atoms with van der Waals surface area (Å²) in [5.74, 6) is 0.245. The van der Waals surface area contributed by atoms with Crippen molar-refractivity contribution in [2.24, 2.45) is 0 Å². The third-order valence-corrected chi connectivity index (χ3v) is 1.68. The Bertz CT molecular complexity index is 325. The summed E-state index contributed by atoms with van der Waals surface area (Å²) in [5, 5.41) is 14.0. The second kappa shape index (κ2) is 3.26. The summed E-state index contributed by atoms with van der Waals surface area (Å²) in [6.07, 6.45) is 1.18. The van der Waals surface area contributed by atoms with E-state index in [1.165, 1.54) is 6.20 Å². The molecule has 1 rings (SSSR count). The van der Waals surface area contributed by atoms with Gasteiger partial charge < -0.3 is 22.4 Å². The number of rotatable bonds is 2. The maximum Gasteiger partial charge on any atom is 0.303 e. The number of nitrogen functional groups attached to an aromatic ring is 3. The van der Waals surface area contributed by atoms with Gasteiger partial charge in [-0.1, -0.05) is 0 Å². The molecule has 0 spiro atoms. The van der Waals surface area contributed by atoms with E-state index < -0.39 is 0 Å². The van der Waals surface area contributed by atoms with Crippen molar-refractivity contribution in [2.75, 3.05) is 29.1 Å². The largest absolute Gasteiger partial charge is 0.710 e. The van der Waals surface area contributed by atoms with E-state index in [0.717, 1.165) is 0 Å². The van der Waals surface area contributed by atoms with Gasteiger partial charge in [-0.3, -0.25) is 5.32 Å². The maximum atomic E-state index is 11.2. The van der Waals surface area contributed by atoms with Crippen LogP contribution in [0.3, 0.4) is 0 Å². The van der Waals surface area contributed by atoms with Crippen LogP contribution in [-0.2, 0) is 0 Å². The van der Waals surface area contributed by atoms with E-state index in [1.807, 2.05) is 6.92 Å². The van der Waals surface area contributed by atoms with Gasteiger partial charge in [0.15, 0.2) is 0 Å². The number of hydrogen-bond donors (Lipinski definition) is 4. The molecule has 0 aromatic carbocycles. The molecule has 0 aliphatic heterocycles. The van der Waals surface area contributed by atoms with Crippen LogP contribution in [0.1, 0.15) is 6.92 Å². The molecule has 0 saturated carbocycles. The molecule has 6 heteroatoms. The fraction of sp³-hybridized carbons (Fsp3) is 0.286. The number of anilines is 4. The van der Waals surface area contributed by atoms with Gasteiger partial charge in [-0.2, -0.15) is 0 Å². The zero-order valence-corrected chi connectivity index (χ0v) is 7.37. The molecule has 6 nitrogen and oxygen atoms in total. The van der Waals surface area contributed by atoms with Gasteiger partial charge in [0.1, 0.15) is 11.9 Å². The van der Waals surface area contributed by atoms with Gasteiger partial charge in [-0.25, -0.2) is 4.73 Å². The minimum atomic E-state index is 0.189. The minimum absolute atomic E-state index is 0.189. The quantitative estimate of drug-likeness (QED) is 0.364. The summed E-state index contributed by atoms with van der Waals surface area (Å²) >= 11 is 0. The van der Waals surface area contributed by atoms with Crippen molar-refractivity contribution in [3.05, 3.63) is 11.4 Å². The first-order valence-corrected chi connectivity index (χ1v) is 3.88. The van der Waals surface area contributed by atoms with Crippen LogP contribution in [0.5, 0.6) is 0 Å². The van der Waals surface area contributed by atoms with Gasteiger partial charge in [-0.05, 0) is 6.92 Å². The highest BCUT2D eigenvalue weighted by Crippen LogP contribution is 2.25. The third-order valence-electron chi connectivity index (χ3n) is 1.68. The summed E-state index contributed by atoms with van der Waals surface area (Å²) in [6, 6.07) is 0. The normalized spacial score (nSPS) is 9.92. The Hall–Kier alpha value is -1.85. The molecule has 0 bridgehead atoms. The molecule has 0 atom stereocenters. The monoisotopic (exact) mass is 183 g/mol. The molecule has 0 radical (unpaired) electrons. The Balaban J connectivity index is 3.26. The van der Waals surface area contributed by atoms with E-state index >= 15 is 0 Å². The van der Waals surface area contributed by atoms with Crippen LogP contribution in [0.15, 0.2) is 6.20 Å². The summed E-state index contributed by atoms with van der Waals surface area (Å²) in [6.45, 7) is 2.45. The van der Waals surface area contributed by atoms with Crippen LogP contribution in [0.2, 0.25) is 0 Å². The van der Waals surface area contributed by atoms with E-state index in [4.69, 9.17) is 17.2 Å². The zero-order valence-electron chi connectivity index (χ0n) is 7.37. The van der Waals surface area contributed by atoms with Gasteiger partial charge in [0.25, 0.3) is 0 Å². The number of hydrogen-bond acceptors (Lipinski definition) is 5. The second-order valence-electron chi connectivity index (χ2n) is 2.62. The molecule has 7 N–H and O–H groups in total. The molecular formula is C7H13N5O. The summed E-state index contributed by atoms with van der Waals surface area (Å²) in [4.78, 5) is 0. The lowest BCUT2D eigenvalue weighted by atomic mass is 10.3. The summed E-state index contributed by atoms with van der Waals surface area (Å²) < 4.78 is 0.574. The molecule has 72 valence electrons. The van der Waals surface area contributed by atoms with Crippen LogP contribution in [-0.4, -0.2) is 6.54 Å². The number of aromatic nitrogens is 1. The van der Waals surface area contributed by atoms with Gasteiger partial charge >= 0.3 is 5.82 Å². The van der Waals surface area contributed by atoms with Crippen molar-refractivity contribution in [3.63, 3.8) is 0 Å². The number of pyridine rings is 1. The van der Waals surface area contributed by atoms with Gasteiger partial charge in [0, 0.05) is 0 Å². The average Bonchev–Trinajstić information content (AvgIpc) is 2.09. The van der Waals surface area contributed by atoms with Crippen molar-refractivity contribution < 1.29 is 4.73 Å². The minimum Gasteiger partial charge on any atom is -0.710 e. The fourth-order valence-corrected chi connectivity index (χ4v) is 1.00. The smallest absolute Gasteiger partial charge is 0.303 e. The summed E-state index contributed by atoms with van der Waals surface area (Å²) in [7, 11) is 0. The summed E-state index contributed by atoms with van der Waals surface area (Å²) in [5.41, 5.74) is 17.2. The van der Waals surface area contributed by atoms with Crippen LogP contribution in [0, 0.1) is 5.21 Å². The van der Waals surface area contributed by atoms with Crippen LogP contribution >= 0.6 is 0 Å². The topological polar surface area (TPSA) is 117 Å². The van der Waals surface area contributed by atoms with Gasteiger partial charge in [0.05, 0.1) is 17.9 Å². The van der Waals surface area contributed by atoms with Crippen molar-refractivity contribution >= 4 is 22.9 Å². The predicted molar refractivity (Wildman–Crippen MR) is 52.8 cm³/mol. The van der Waals surface area contributed by atoms with Gasteiger partial charge in [-0.15, -0.1) is 0 Å². The molecule has 1 aromatic heterocycles. The highest BCUT2D eigenvalue weighted by Gasteiger charge is 2.13. The number of nitrogens with two attached hydrogens (primary N) is 3. The molecule has 0 fully saturated rings. The zero-order chi connectivity index (χ0) is 10.0. The van der Waals surface area contributed by atoms with E-state index in [0.29, 0.717) is 11.3 Å². The molecule has 1 aromatic rings. The Labute approximate surface area is 75.9 Å². The SMILES string of the molecule is CCNc1c(N)c(N)c(N)c[n+]1[O-]. The lowest BCUT2D eigenvalue weighted by Crippen LogP contribution is -2.33. The molecule has 0 saturated heterocycles. The first-order valence-electron chi connectivity index (χ1n) is 3.88. The van der Waals surface area contributed by atoms with E-state index in [9.17, 15) is 5.21 Å². The van der Waals surface area contributed by atoms with E-state index in [2.05, 4.69) is 5.32 Å². The average molecular weight is 183 g/mol. The lowest BCUT2D eigenvalue weighted by Gasteiger charge is -2.13. The Morgan fingerprint density at radius 1 is 1.38 bits per heavy atom. The number of nitrogens with one attached hydrogen (secondary N) is 1. The van der Waals surface area contributed by atoms with Crippen LogP contribution < -0.4 is 27.2 Å². The van der Waals surface area contributed by atoms with Crippen LogP contribution in [0.4, 0.5) is 22.9 Å². The highest BCUT2D eigenvalue weighted by atomic mass is 16.5. The molecular weight excluding hydrogens is 170 g/mol. The van der Waals surface area contributed by atoms with Crippen molar-refractivity contribution in [3.8, 4) is 0 Å². The predicted octanol–water partition coefficient (Wildman–Crippen LogP) is -0.502. The first-order chi connectivity index (χ1) is 6.07. The Morgan fingerprint density at radius 3 is 2.54 bits per heavy atom. The Kier molecular flexibility index (Phi) is 2.32. The third kappa shape index (κ3) is 1.51. The maximum absolute atomic E-state index is 11.2. The van der Waals surface area contributed by atoms with Crippen LogP contribution in [0.25, 0.3) is 0 Å². The first kappa shape index (κ1) is 9.24. The van der Waals surface area contributed by atoms with Gasteiger partial charge in [0.2, 0.25) is 0 Å². The van der Waals surface area contributed by atoms with Crippen molar-refractivity contribution in [1.29, 1.82) is 0 Å². The van der Waals surface area contributed by atoms with Crippen molar-refractivity contribution in [2.45, 2.75) is 6.92 Å². The van der Waals surface area contributed by atoms with E-state index in [1.54, 1.807) is 0 Å². The molecule has 0 unspecified atom stereocenters. The Morgan fingerprint density at radius 2 is 2.00 bits per heavy atom. The number of nitrogens with zero attached hydrogens (tertiary/aromatic N) is 1. The fourth-order valence-electron chi connectivity index (χ4n) is 1.00. The lowest BCUT2D eigenvalue weighted by molar-refractivity contribution is -0.588. The second-order valence-corrected chi connectivity index (χ2v) is 2.62. The highest BCUT2D eigenvalue weighted by molar-refractivity contribution is 5.82. The molecule has 0 aliphatic rings. The van der Waals surface area contributed by atoms with E-state index in [-0.39, 0.29) is 22.9 Å². The standard InChI is InChI=1S/C7H13N5O/c1-2-11-7-6(10)5(9)4(8)3-12(7)13/h3,11H,2,8-10H2,1H3. The molecule has 0 aliphatic carbocycles. The van der Waals surface area contributed by atoms with Crippen molar-refractivity contribution in [1.82, 2.24) is 0 Å². The molecule has 13 heavy (non-hydrogen) atoms. The molecule has 1 heterocycles.